The van der Waals surface area contributed by atoms with E-state index in [4.69, 9.17) is 4.74 Å². The summed E-state index contributed by atoms with van der Waals surface area (Å²) in [6.07, 6.45) is 8.28. The van der Waals surface area contributed by atoms with Crippen molar-refractivity contribution in [2.24, 2.45) is 11.8 Å². The number of thioether (sulfide) groups is 1. The first-order valence-corrected chi connectivity index (χ1v) is 11.1. The minimum absolute atomic E-state index is 0.603. The second-order valence-electron chi connectivity index (χ2n) is 7.99. The lowest BCUT2D eigenvalue weighted by Crippen LogP contribution is -2.27. The molecule has 0 bridgehead atoms. The number of aromatic nitrogens is 3. The van der Waals surface area contributed by atoms with E-state index >= 15 is 0 Å². The van der Waals surface area contributed by atoms with Crippen molar-refractivity contribution in [2.45, 2.75) is 44.8 Å². The van der Waals surface area contributed by atoms with Gasteiger partial charge in [-0.3, -0.25) is 9.47 Å². The molecule has 0 fully saturated rings. The molecule has 152 valence electrons. The maximum absolute atomic E-state index is 5.43. The van der Waals surface area contributed by atoms with Crippen LogP contribution < -0.4 is 4.74 Å². The summed E-state index contributed by atoms with van der Waals surface area (Å²) < 4.78 is 7.62. The molecule has 1 aromatic carbocycles. The van der Waals surface area contributed by atoms with Crippen molar-refractivity contribution < 1.29 is 4.74 Å². The second-order valence-corrected chi connectivity index (χ2v) is 8.97. The van der Waals surface area contributed by atoms with Crippen molar-refractivity contribution in [1.82, 2.24) is 19.7 Å². The number of hydrogen-bond acceptors (Lipinski definition) is 5. The Morgan fingerprint density at radius 2 is 2.14 bits per heavy atom. The number of allylic oxidation sites excluding steroid dienone is 2. The van der Waals surface area contributed by atoms with Gasteiger partial charge in [0.1, 0.15) is 5.75 Å². The van der Waals surface area contributed by atoms with Crippen molar-refractivity contribution in [3.05, 3.63) is 42.2 Å². The first-order chi connectivity index (χ1) is 13.6. The Balaban J connectivity index is 1.81. The minimum Gasteiger partial charge on any atom is -0.497 e. The van der Waals surface area contributed by atoms with E-state index in [9.17, 15) is 0 Å². The Morgan fingerprint density at radius 3 is 2.86 bits per heavy atom. The van der Waals surface area contributed by atoms with Crippen LogP contribution in [-0.2, 0) is 6.54 Å². The fourth-order valence-corrected chi connectivity index (χ4v) is 4.44. The number of rotatable bonds is 9. The van der Waals surface area contributed by atoms with Gasteiger partial charge in [0.2, 0.25) is 0 Å². The number of benzene rings is 1. The van der Waals surface area contributed by atoms with Crippen LogP contribution in [0.25, 0.3) is 5.69 Å². The predicted octanol–water partition coefficient (Wildman–Crippen LogP) is 4.81. The topological polar surface area (TPSA) is 43.2 Å². The number of hydrogen-bond donors (Lipinski definition) is 0. The van der Waals surface area contributed by atoms with Crippen LogP contribution in [0.5, 0.6) is 5.75 Å². The molecule has 0 radical (unpaired) electrons. The maximum Gasteiger partial charge on any atom is 0.195 e. The first-order valence-electron chi connectivity index (χ1n) is 10.1. The van der Waals surface area contributed by atoms with E-state index in [0.29, 0.717) is 5.92 Å². The van der Waals surface area contributed by atoms with Crippen molar-refractivity contribution in [3.8, 4) is 11.4 Å². The van der Waals surface area contributed by atoms with Crippen LogP contribution in [0.4, 0.5) is 0 Å². The van der Waals surface area contributed by atoms with Gasteiger partial charge in [-0.15, -0.1) is 10.2 Å². The minimum atomic E-state index is 0.603. The molecule has 5 nitrogen and oxygen atoms in total. The molecule has 1 heterocycles. The third-order valence-electron chi connectivity index (χ3n) is 4.92. The van der Waals surface area contributed by atoms with Gasteiger partial charge in [-0.2, -0.15) is 0 Å². The zero-order chi connectivity index (χ0) is 19.9. The molecule has 6 heteroatoms. The number of nitrogens with zero attached hydrogens (tertiary/aromatic N) is 4. The third-order valence-corrected chi connectivity index (χ3v) is 6.27. The monoisotopic (exact) mass is 400 g/mol. The maximum atomic E-state index is 5.43. The molecule has 3 rings (SSSR count). The second kappa shape index (κ2) is 10.1. The summed E-state index contributed by atoms with van der Waals surface area (Å²) in [5.74, 6) is 4.18. The Kier molecular flexibility index (Phi) is 7.57. The smallest absolute Gasteiger partial charge is 0.195 e. The lowest BCUT2D eigenvalue weighted by molar-refractivity contribution is 0.252. The molecular formula is C22H32N4OS. The first kappa shape index (κ1) is 20.9. The van der Waals surface area contributed by atoms with Crippen molar-refractivity contribution in [1.29, 1.82) is 0 Å². The van der Waals surface area contributed by atoms with E-state index in [1.54, 1.807) is 18.9 Å². The van der Waals surface area contributed by atoms with Gasteiger partial charge in [0, 0.05) is 18.4 Å². The van der Waals surface area contributed by atoms with Crippen LogP contribution in [0.2, 0.25) is 0 Å². The van der Waals surface area contributed by atoms with Crippen LogP contribution in [0.3, 0.4) is 0 Å². The molecule has 0 unspecified atom stereocenters. The predicted molar refractivity (Wildman–Crippen MR) is 116 cm³/mol. The van der Waals surface area contributed by atoms with Gasteiger partial charge in [0.15, 0.2) is 11.0 Å². The van der Waals surface area contributed by atoms with Gasteiger partial charge in [-0.1, -0.05) is 43.8 Å². The summed E-state index contributed by atoms with van der Waals surface area (Å²) in [4.78, 5) is 2.38. The van der Waals surface area contributed by atoms with Gasteiger partial charge in [0.25, 0.3) is 0 Å². The van der Waals surface area contributed by atoms with Crippen LogP contribution >= 0.6 is 11.8 Å². The third kappa shape index (κ3) is 5.61. The van der Waals surface area contributed by atoms with Crippen LogP contribution in [0.1, 0.15) is 38.9 Å². The Labute approximate surface area is 173 Å². The number of methoxy groups -OCH3 is 1. The zero-order valence-electron chi connectivity index (χ0n) is 17.5. The molecule has 2 aromatic rings. The highest BCUT2D eigenvalue weighted by atomic mass is 32.2. The van der Waals surface area contributed by atoms with E-state index in [-0.39, 0.29) is 0 Å². The SMILES string of the molecule is COc1cccc(-n2c(CN(C)C[C@@H]3CC=CCC3)nnc2SCC(C)C)c1. The molecule has 0 saturated heterocycles. The van der Waals surface area contributed by atoms with E-state index in [1.807, 2.05) is 12.1 Å². The summed E-state index contributed by atoms with van der Waals surface area (Å²) in [6, 6.07) is 8.14. The molecule has 0 amide bonds. The lowest BCUT2D eigenvalue weighted by Gasteiger charge is -2.24. The molecule has 1 aliphatic carbocycles. The highest BCUT2D eigenvalue weighted by Gasteiger charge is 2.19. The van der Waals surface area contributed by atoms with Gasteiger partial charge < -0.3 is 4.74 Å². The van der Waals surface area contributed by atoms with E-state index in [1.165, 1.54) is 19.3 Å². The van der Waals surface area contributed by atoms with Crippen LogP contribution in [0, 0.1) is 11.8 Å². The van der Waals surface area contributed by atoms with Crippen molar-refractivity contribution in [3.63, 3.8) is 0 Å². The summed E-state index contributed by atoms with van der Waals surface area (Å²) in [7, 11) is 3.89. The average Bonchev–Trinajstić information content (AvgIpc) is 3.09. The fourth-order valence-electron chi connectivity index (χ4n) is 3.52. The lowest BCUT2D eigenvalue weighted by atomic mass is 9.94. The largest absolute Gasteiger partial charge is 0.497 e. The molecule has 1 atom stereocenters. The Bertz CT molecular complexity index is 787. The summed E-state index contributed by atoms with van der Waals surface area (Å²) in [5.41, 5.74) is 1.06. The van der Waals surface area contributed by atoms with E-state index < -0.39 is 0 Å². The van der Waals surface area contributed by atoms with E-state index in [0.717, 1.165) is 47.2 Å². The standard InChI is InChI=1S/C22H32N4OS/c1-17(2)16-28-22-24-23-21(15-25(3)14-18-9-6-5-7-10-18)26(22)19-11-8-12-20(13-19)27-4/h5-6,8,11-13,17-18H,7,9-10,14-16H2,1-4H3/t18-/m1/s1. The molecule has 0 spiro atoms. The van der Waals surface area contributed by atoms with Crippen LogP contribution in [0.15, 0.2) is 41.6 Å². The highest BCUT2D eigenvalue weighted by Crippen LogP contribution is 2.27. The molecule has 0 aliphatic heterocycles. The van der Waals surface area contributed by atoms with Gasteiger partial charge in [-0.05, 0) is 50.3 Å². The normalized spacial score (nSPS) is 16.9. The summed E-state index contributed by atoms with van der Waals surface area (Å²) in [5, 5.41) is 10.0. The number of ether oxygens (including phenoxy) is 1. The Hall–Kier alpha value is -1.79. The molecule has 0 saturated carbocycles. The van der Waals surface area contributed by atoms with Gasteiger partial charge in [-0.25, -0.2) is 0 Å². The molecule has 0 N–H and O–H groups in total. The molecular weight excluding hydrogens is 368 g/mol. The molecule has 1 aromatic heterocycles. The van der Waals surface area contributed by atoms with E-state index in [2.05, 4.69) is 64.8 Å². The molecule has 28 heavy (non-hydrogen) atoms. The zero-order valence-corrected chi connectivity index (χ0v) is 18.3. The summed E-state index contributed by atoms with van der Waals surface area (Å²) in [6.45, 7) is 6.33. The Morgan fingerprint density at radius 1 is 1.29 bits per heavy atom. The van der Waals surface area contributed by atoms with Crippen LogP contribution in [-0.4, -0.2) is 46.1 Å². The highest BCUT2D eigenvalue weighted by molar-refractivity contribution is 7.99. The quantitative estimate of drug-likeness (QED) is 0.446. The average molecular weight is 401 g/mol. The van der Waals surface area contributed by atoms with Gasteiger partial charge in [0.05, 0.1) is 19.3 Å². The fraction of sp³-hybridized carbons (Fsp3) is 0.545. The van der Waals surface area contributed by atoms with Gasteiger partial charge >= 0.3 is 0 Å². The van der Waals surface area contributed by atoms with Crippen molar-refractivity contribution in [2.75, 3.05) is 26.5 Å². The summed E-state index contributed by atoms with van der Waals surface area (Å²) >= 11 is 1.77. The van der Waals surface area contributed by atoms with Crippen molar-refractivity contribution >= 4 is 11.8 Å². The molecule has 1 aliphatic rings.